The van der Waals surface area contributed by atoms with E-state index in [1.54, 1.807) is 5.57 Å². The van der Waals surface area contributed by atoms with Crippen molar-refractivity contribution in [1.82, 2.24) is 5.32 Å². The van der Waals surface area contributed by atoms with Crippen LogP contribution in [-0.2, 0) is 0 Å². The summed E-state index contributed by atoms with van der Waals surface area (Å²) in [5, 5.41) is 3.35. The van der Waals surface area contributed by atoms with Gasteiger partial charge in [-0.25, -0.2) is 0 Å². The standard InChI is InChI=1S/C9H13N/c1-7-9-5-3-2-4-8(9)6-10-7/h3,5-7,9-10H,2,4H2,1H3. The fraction of sp³-hybridized carbons (Fsp3) is 0.556. The number of rotatable bonds is 0. The smallest absolute Gasteiger partial charge is 0.0328 e. The Morgan fingerprint density at radius 2 is 2.50 bits per heavy atom. The third kappa shape index (κ3) is 0.772. The molecule has 1 nitrogen and oxygen atoms in total. The van der Waals surface area contributed by atoms with Gasteiger partial charge < -0.3 is 5.32 Å². The third-order valence-electron chi connectivity index (χ3n) is 2.44. The van der Waals surface area contributed by atoms with Gasteiger partial charge in [0.15, 0.2) is 0 Å². The zero-order chi connectivity index (χ0) is 6.97. The van der Waals surface area contributed by atoms with Gasteiger partial charge in [-0.05, 0) is 31.5 Å². The lowest BCUT2D eigenvalue weighted by Crippen LogP contribution is -2.22. The molecule has 0 amide bonds. The maximum atomic E-state index is 3.35. The largest absolute Gasteiger partial charge is 0.388 e. The highest BCUT2D eigenvalue weighted by Gasteiger charge is 2.24. The number of fused-ring (bicyclic) bond motifs is 1. The van der Waals surface area contributed by atoms with E-state index < -0.39 is 0 Å². The molecule has 0 radical (unpaired) electrons. The highest BCUT2D eigenvalue weighted by Crippen LogP contribution is 2.29. The zero-order valence-electron chi connectivity index (χ0n) is 6.30. The summed E-state index contributed by atoms with van der Waals surface area (Å²) in [5.41, 5.74) is 1.59. The molecule has 54 valence electrons. The lowest BCUT2D eigenvalue weighted by Gasteiger charge is -2.18. The van der Waals surface area contributed by atoms with E-state index in [2.05, 4.69) is 30.6 Å². The molecule has 0 saturated carbocycles. The summed E-state index contributed by atoms with van der Waals surface area (Å²) < 4.78 is 0. The molecule has 0 aromatic carbocycles. The molecule has 1 aliphatic heterocycles. The van der Waals surface area contributed by atoms with Gasteiger partial charge in [-0.1, -0.05) is 12.2 Å². The van der Waals surface area contributed by atoms with Gasteiger partial charge in [-0.2, -0.15) is 0 Å². The van der Waals surface area contributed by atoms with E-state index in [0.717, 1.165) is 0 Å². The van der Waals surface area contributed by atoms with E-state index in [1.165, 1.54) is 12.8 Å². The van der Waals surface area contributed by atoms with Gasteiger partial charge >= 0.3 is 0 Å². The Labute approximate surface area is 61.8 Å². The topological polar surface area (TPSA) is 12.0 Å². The first-order chi connectivity index (χ1) is 4.88. The second kappa shape index (κ2) is 2.15. The molecule has 2 aliphatic rings. The van der Waals surface area contributed by atoms with Crippen molar-refractivity contribution in [1.29, 1.82) is 0 Å². The number of nitrogens with one attached hydrogen (secondary N) is 1. The normalized spacial score (nSPS) is 36.7. The minimum atomic E-state index is 0.631. The van der Waals surface area contributed by atoms with Crippen LogP contribution in [0.2, 0.25) is 0 Å². The predicted molar refractivity (Wildman–Crippen MR) is 42.5 cm³/mol. The molecule has 1 aliphatic carbocycles. The Kier molecular flexibility index (Phi) is 1.30. The van der Waals surface area contributed by atoms with Crippen LogP contribution in [0, 0.1) is 5.92 Å². The fourth-order valence-corrected chi connectivity index (χ4v) is 1.78. The van der Waals surface area contributed by atoms with E-state index in [1.807, 2.05) is 0 Å². The van der Waals surface area contributed by atoms with Crippen molar-refractivity contribution in [2.45, 2.75) is 25.8 Å². The molecule has 1 heteroatoms. The molecule has 0 fully saturated rings. The molecular formula is C9H13N. The van der Waals surface area contributed by atoms with Crippen LogP contribution in [0.1, 0.15) is 19.8 Å². The van der Waals surface area contributed by atoms with Crippen LogP contribution in [0.15, 0.2) is 23.9 Å². The SMILES string of the molecule is CC1NC=C2CCC=CC21. The van der Waals surface area contributed by atoms with Crippen LogP contribution in [0.3, 0.4) is 0 Å². The van der Waals surface area contributed by atoms with Gasteiger partial charge in [0, 0.05) is 12.0 Å². The molecule has 0 aromatic heterocycles. The monoisotopic (exact) mass is 135 g/mol. The summed E-state index contributed by atoms with van der Waals surface area (Å²) in [5.74, 6) is 0.703. The molecule has 0 bridgehead atoms. The molecular weight excluding hydrogens is 122 g/mol. The van der Waals surface area contributed by atoms with Gasteiger partial charge in [0.1, 0.15) is 0 Å². The van der Waals surface area contributed by atoms with Crippen LogP contribution >= 0.6 is 0 Å². The molecule has 1 N–H and O–H groups in total. The van der Waals surface area contributed by atoms with E-state index in [9.17, 15) is 0 Å². The van der Waals surface area contributed by atoms with E-state index in [-0.39, 0.29) is 0 Å². The van der Waals surface area contributed by atoms with Gasteiger partial charge in [-0.3, -0.25) is 0 Å². The highest BCUT2D eigenvalue weighted by molar-refractivity contribution is 5.24. The summed E-state index contributed by atoms with van der Waals surface area (Å²) in [7, 11) is 0. The second-order valence-corrected chi connectivity index (χ2v) is 3.17. The van der Waals surface area contributed by atoms with Crippen molar-refractivity contribution < 1.29 is 0 Å². The minimum absolute atomic E-state index is 0.631. The molecule has 0 spiro atoms. The Bertz CT molecular complexity index is 191. The quantitative estimate of drug-likeness (QED) is 0.500. The van der Waals surface area contributed by atoms with Gasteiger partial charge in [0.05, 0.1) is 0 Å². The predicted octanol–water partition coefficient (Wildman–Crippen LogP) is 1.83. The van der Waals surface area contributed by atoms with Crippen molar-refractivity contribution in [2.75, 3.05) is 0 Å². The summed E-state index contributed by atoms with van der Waals surface area (Å²) in [4.78, 5) is 0. The summed E-state index contributed by atoms with van der Waals surface area (Å²) >= 11 is 0. The molecule has 2 rings (SSSR count). The maximum Gasteiger partial charge on any atom is 0.0328 e. The Morgan fingerprint density at radius 1 is 1.60 bits per heavy atom. The van der Waals surface area contributed by atoms with E-state index in [4.69, 9.17) is 0 Å². The van der Waals surface area contributed by atoms with Gasteiger partial charge in [0.2, 0.25) is 0 Å². The van der Waals surface area contributed by atoms with Crippen LogP contribution < -0.4 is 5.32 Å². The average Bonchev–Trinajstić information content (AvgIpc) is 2.34. The van der Waals surface area contributed by atoms with Crippen LogP contribution in [0.4, 0.5) is 0 Å². The van der Waals surface area contributed by atoms with Crippen molar-refractivity contribution in [3.63, 3.8) is 0 Å². The summed E-state index contributed by atoms with van der Waals surface area (Å²) in [6.07, 6.45) is 9.32. The Balaban J connectivity index is 2.24. The first-order valence-corrected chi connectivity index (χ1v) is 3.99. The molecule has 0 saturated heterocycles. The Morgan fingerprint density at radius 3 is 3.30 bits per heavy atom. The van der Waals surface area contributed by atoms with E-state index >= 15 is 0 Å². The molecule has 0 aromatic rings. The van der Waals surface area contributed by atoms with Crippen LogP contribution in [0.5, 0.6) is 0 Å². The highest BCUT2D eigenvalue weighted by atomic mass is 14.9. The summed E-state index contributed by atoms with van der Waals surface area (Å²) in [6, 6.07) is 0.631. The van der Waals surface area contributed by atoms with Gasteiger partial charge in [0.25, 0.3) is 0 Å². The molecule has 10 heavy (non-hydrogen) atoms. The van der Waals surface area contributed by atoms with Crippen molar-refractivity contribution in [3.8, 4) is 0 Å². The summed E-state index contributed by atoms with van der Waals surface area (Å²) in [6.45, 7) is 2.24. The van der Waals surface area contributed by atoms with Crippen LogP contribution in [0.25, 0.3) is 0 Å². The number of hydrogen-bond acceptors (Lipinski definition) is 1. The first-order valence-electron chi connectivity index (χ1n) is 3.99. The maximum absolute atomic E-state index is 3.35. The van der Waals surface area contributed by atoms with Crippen LogP contribution in [-0.4, -0.2) is 6.04 Å². The number of allylic oxidation sites excluding steroid dienone is 1. The average molecular weight is 135 g/mol. The first kappa shape index (κ1) is 6.02. The Hall–Kier alpha value is -0.720. The minimum Gasteiger partial charge on any atom is -0.388 e. The fourth-order valence-electron chi connectivity index (χ4n) is 1.78. The van der Waals surface area contributed by atoms with Crippen molar-refractivity contribution in [2.24, 2.45) is 5.92 Å². The van der Waals surface area contributed by atoms with Crippen molar-refractivity contribution >= 4 is 0 Å². The third-order valence-corrected chi connectivity index (χ3v) is 2.44. The molecule has 1 heterocycles. The number of hydrogen-bond donors (Lipinski definition) is 1. The lowest BCUT2D eigenvalue weighted by atomic mass is 9.88. The lowest BCUT2D eigenvalue weighted by molar-refractivity contribution is 0.563. The second-order valence-electron chi connectivity index (χ2n) is 3.17. The van der Waals surface area contributed by atoms with E-state index in [0.29, 0.717) is 12.0 Å². The molecule has 2 unspecified atom stereocenters. The van der Waals surface area contributed by atoms with Crippen molar-refractivity contribution in [3.05, 3.63) is 23.9 Å². The zero-order valence-corrected chi connectivity index (χ0v) is 6.30. The van der Waals surface area contributed by atoms with Gasteiger partial charge in [-0.15, -0.1) is 0 Å². The molecule has 2 atom stereocenters.